The summed E-state index contributed by atoms with van der Waals surface area (Å²) >= 11 is 3.54. The Balaban J connectivity index is 1.82. The van der Waals surface area contributed by atoms with Crippen molar-refractivity contribution in [3.8, 4) is 5.75 Å². The molecule has 0 spiro atoms. The zero-order valence-electron chi connectivity index (χ0n) is 12.2. The average Bonchev–Trinajstić information content (AvgIpc) is 2.50. The van der Waals surface area contributed by atoms with Gasteiger partial charge in [-0.25, -0.2) is 0 Å². The van der Waals surface area contributed by atoms with E-state index in [2.05, 4.69) is 59.3 Å². The van der Waals surface area contributed by atoms with Gasteiger partial charge in [0, 0.05) is 10.5 Å². The maximum absolute atomic E-state index is 6.49. The Morgan fingerprint density at radius 2 is 2.10 bits per heavy atom. The van der Waals surface area contributed by atoms with E-state index in [1.54, 1.807) is 0 Å². The number of benzene rings is 2. The van der Waals surface area contributed by atoms with Gasteiger partial charge in [-0.3, -0.25) is 0 Å². The molecule has 2 unspecified atom stereocenters. The molecule has 1 aliphatic heterocycles. The number of rotatable bonds is 3. The van der Waals surface area contributed by atoms with Crippen LogP contribution in [0.3, 0.4) is 0 Å². The second kappa shape index (κ2) is 6.20. The zero-order valence-corrected chi connectivity index (χ0v) is 13.8. The number of halogens is 1. The number of fused-ring (bicyclic) bond motifs is 1. The van der Waals surface area contributed by atoms with E-state index in [1.807, 2.05) is 6.07 Å². The summed E-state index contributed by atoms with van der Waals surface area (Å²) in [6, 6.07) is 14.7. The second-order valence-electron chi connectivity index (χ2n) is 5.71. The van der Waals surface area contributed by atoms with Gasteiger partial charge in [0.25, 0.3) is 0 Å². The molecule has 3 heteroatoms. The van der Waals surface area contributed by atoms with E-state index in [0.717, 1.165) is 29.7 Å². The van der Waals surface area contributed by atoms with Crippen molar-refractivity contribution in [2.24, 2.45) is 5.73 Å². The number of hydrogen-bond donors (Lipinski definition) is 1. The second-order valence-corrected chi connectivity index (χ2v) is 6.63. The van der Waals surface area contributed by atoms with Crippen molar-refractivity contribution in [2.45, 2.75) is 31.7 Å². The van der Waals surface area contributed by atoms with Crippen molar-refractivity contribution in [3.05, 3.63) is 63.6 Å². The highest BCUT2D eigenvalue weighted by molar-refractivity contribution is 9.10. The molecule has 0 aromatic heterocycles. The highest BCUT2D eigenvalue weighted by Crippen LogP contribution is 2.38. The van der Waals surface area contributed by atoms with Gasteiger partial charge in [-0.15, -0.1) is 0 Å². The topological polar surface area (TPSA) is 35.2 Å². The monoisotopic (exact) mass is 345 g/mol. The lowest BCUT2D eigenvalue weighted by atomic mass is 9.85. The summed E-state index contributed by atoms with van der Waals surface area (Å²) in [4.78, 5) is 0. The van der Waals surface area contributed by atoms with E-state index in [9.17, 15) is 0 Å². The first kappa shape index (κ1) is 14.6. The Hall–Kier alpha value is -1.32. The molecule has 0 amide bonds. The van der Waals surface area contributed by atoms with Crippen molar-refractivity contribution >= 4 is 15.9 Å². The van der Waals surface area contributed by atoms with E-state index in [-0.39, 0.29) is 6.04 Å². The Bertz CT molecular complexity index is 641. The molecule has 2 aromatic carbocycles. The van der Waals surface area contributed by atoms with Crippen LogP contribution in [-0.4, -0.2) is 6.61 Å². The van der Waals surface area contributed by atoms with Gasteiger partial charge < -0.3 is 10.5 Å². The van der Waals surface area contributed by atoms with Crippen molar-refractivity contribution in [1.29, 1.82) is 0 Å². The molecule has 110 valence electrons. The Morgan fingerprint density at radius 3 is 2.95 bits per heavy atom. The van der Waals surface area contributed by atoms with Crippen molar-refractivity contribution in [2.75, 3.05) is 6.61 Å². The maximum Gasteiger partial charge on any atom is 0.122 e. The number of nitrogens with two attached hydrogens (primary N) is 1. The molecule has 0 fully saturated rings. The quantitative estimate of drug-likeness (QED) is 0.873. The number of para-hydroxylation sites is 1. The minimum Gasteiger partial charge on any atom is -0.493 e. The fourth-order valence-corrected chi connectivity index (χ4v) is 3.48. The van der Waals surface area contributed by atoms with Crippen LogP contribution in [0.5, 0.6) is 5.75 Å². The molecule has 3 rings (SSSR count). The SMILES string of the molecule is Cc1ccc(Br)cc1C(N)CC1CCOc2ccccc21. The van der Waals surface area contributed by atoms with Gasteiger partial charge in [0.05, 0.1) is 6.61 Å². The summed E-state index contributed by atoms with van der Waals surface area (Å²) in [6.45, 7) is 2.91. The standard InChI is InChI=1S/C18H20BrNO/c1-12-6-7-14(19)11-16(12)17(20)10-13-8-9-21-18-5-3-2-4-15(13)18/h2-7,11,13,17H,8-10,20H2,1H3. The lowest BCUT2D eigenvalue weighted by molar-refractivity contribution is 0.259. The molecule has 21 heavy (non-hydrogen) atoms. The molecule has 2 aromatic rings. The van der Waals surface area contributed by atoms with Crippen LogP contribution in [-0.2, 0) is 0 Å². The Labute approximate surface area is 134 Å². The van der Waals surface area contributed by atoms with Gasteiger partial charge in [0.1, 0.15) is 5.75 Å². The fraction of sp³-hybridized carbons (Fsp3) is 0.333. The fourth-order valence-electron chi connectivity index (χ4n) is 3.11. The summed E-state index contributed by atoms with van der Waals surface area (Å²) in [5.41, 5.74) is 10.3. The van der Waals surface area contributed by atoms with Crippen LogP contribution >= 0.6 is 15.9 Å². The van der Waals surface area contributed by atoms with Crippen LogP contribution in [0.4, 0.5) is 0 Å². The molecule has 1 aliphatic rings. The Kier molecular flexibility index (Phi) is 4.32. The van der Waals surface area contributed by atoms with Gasteiger partial charge >= 0.3 is 0 Å². The number of ether oxygens (including phenoxy) is 1. The predicted molar refractivity (Wildman–Crippen MR) is 89.7 cm³/mol. The van der Waals surface area contributed by atoms with Crippen LogP contribution in [0.15, 0.2) is 46.9 Å². The van der Waals surface area contributed by atoms with Gasteiger partial charge in [0.2, 0.25) is 0 Å². The van der Waals surface area contributed by atoms with Gasteiger partial charge in [0.15, 0.2) is 0 Å². The van der Waals surface area contributed by atoms with Crippen molar-refractivity contribution in [1.82, 2.24) is 0 Å². The molecular weight excluding hydrogens is 326 g/mol. The first-order chi connectivity index (χ1) is 10.1. The van der Waals surface area contributed by atoms with E-state index in [0.29, 0.717) is 5.92 Å². The smallest absolute Gasteiger partial charge is 0.122 e. The van der Waals surface area contributed by atoms with Crippen LogP contribution < -0.4 is 10.5 Å². The molecule has 2 nitrogen and oxygen atoms in total. The summed E-state index contributed by atoms with van der Waals surface area (Å²) in [6.07, 6.45) is 2.00. The van der Waals surface area contributed by atoms with E-state index in [1.165, 1.54) is 16.7 Å². The first-order valence-electron chi connectivity index (χ1n) is 7.38. The summed E-state index contributed by atoms with van der Waals surface area (Å²) < 4.78 is 6.82. The summed E-state index contributed by atoms with van der Waals surface area (Å²) in [5.74, 6) is 1.50. The third-order valence-electron chi connectivity index (χ3n) is 4.26. The third-order valence-corrected chi connectivity index (χ3v) is 4.76. The van der Waals surface area contributed by atoms with E-state index in [4.69, 9.17) is 10.5 Å². The number of hydrogen-bond acceptors (Lipinski definition) is 2. The highest BCUT2D eigenvalue weighted by Gasteiger charge is 2.24. The lowest BCUT2D eigenvalue weighted by Gasteiger charge is -2.28. The lowest BCUT2D eigenvalue weighted by Crippen LogP contribution is -2.20. The van der Waals surface area contributed by atoms with Crippen molar-refractivity contribution < 1.29 is 4.74 Å². The molecule has 0 saturated carbocycles. The minimum atomic E-state index is 0.0543. The molecule has 0 saturated heterocycles. The van der Waals surface area contributed by atoms with Gasteiger partial charge in [-0.05, 0) is 60.6 Å². The molecular formula is C18H20BrNO. The summed E-state index contributed by atoms with van der Waals surface area (Å²) in [7, 11) is 0. The summed E-state index contributed by atoms with van der Waals surface area (Å²) in [5, 5.41) is 0. The molecule has 0 aliphatic carbocycles. The number of aryl methyl sites for hydroxylation is 1. The van der Waals surface area contributed by atoms with Crippen molar-refractivity contribution in [3.63, 3.8) is 0 Å². The maximum atomic E-state index is 6.49. The zero-order chi connectivity index (χ0) is 14.8. The molecule has 2 atom stereocenters. The predicted octanol–water partition coefficient (Wildman–Crippen LogP) is 4.71. The Morgan fingerprint density at radius 1 is 1.29 bits per heavy atom. The third kappa shape index (κ3) is 3.14. The van der Waals surface area contributed by atoms with Gasteiger partial charge in [-0.1, -0.05) is 40.2 Å². The highest BCUT2D eigenvalue weighted by atomic mass is 79.9. The van der Waals surface area contributed by atoms with Crippen LogP contribution in [0.1, 0.15) is 41.5 Å². The molecule has 0 radical (unpaired) electrons. The molecule has 1 heterocycles. The average molecular weight is 346 g/mol. The van der Waals surface area contributed by atoms with E-state index >= 15 is 0 Å². The largest absolute Gasteiger partial charge is 0.493 e. The van der Waals surface area contributed by atoms with Crippen LogP contribution in [0.2, 0.25) is 0 Å². The first-order valence-corrected chi connectivity index (χ1v) is 8.18. The minimum absolute atomic E-state index is 0.0543. The molecule has 0 bridgehead atoms. The van der Waals surface area contributed by atoms with Gasteiger partial charge in [-0.2, -0.15) is 0 Å². The van der Waals surface area contributed by atoms with Crippen LogP contribution in [0, 0.1) is 6.92 Å². The van der Waals surface area contributed by atoms with Crippen LogP contribution in [0.25, 0.3) is 0 Å². The van der Waals surface area contributed by atoms with E-state index < -0.39 is 0 Å². The molecule has 2 N–H and O–H groups in total. The normalized spacial score (nSPS) is 18.7.